The SMILES string of the molecule is NCCN.[NaH].[Zn]. The van der Waals surface area contributed by atoms with Crippen molar-refractivity contribution in [1.29, 1.82) is 0 Å². The second-order valence-electron chi connectivity index (χ2n) is 0.577. The minimum absolute atomic E-state index is 0. The molecule has 4 N–H and O–H groups in total. The van der Waals surface area contributed by atoms with E-state index in [1.807, 2.05) is 0 Å². The van der Waals surface area contributed by atoms with Crippen molar-refractivity contribution < 1.29 is 19.5 Å². The molecule has 0 saturated carbocycles. The molecule has 0 amide bonds. The van der Waals surface area contributed by atoms with Crippen molar-refractivity contribution in [2.24, 2.45) is 11.5 Å². The molecular weight excluding hydrogens is 140 g/mol. The van der Waals surface area contributed by atoms with E-state index in [1.54, 1.807) is 0 Å². The Balaban J connectivity index is -0.0000000450. The summed E-state index contributed by atoms with van der Waals surface area (Å²) in [5.41, 5.74) is 9.81. The van der Waals surface area contributed by atoms with Crippen LogP contribution in [0.3, 0.4) is 0 Å². The van der Waals surface area contributed by atoms with Crippen LogP contribution in [0.4, 0.5) is 0 Å². The fourth-order valence-electron chi connectivity index (χ4n) is 0. The average molecular weight is 149 g/mol. The van der Waals surface area contributed by atoms with Crippen LogP contribution in [0.1, 0.15) is 0 Å². The van der Waals surface area contributed by atoms with Gasteiger partial charge in [-0.15, -0.1) is 0 Å². The summed E-state index contributed by atoms with van der Waals surface area (Å²) in [6, 6.07) is 0. The molecule has 0 aromatic carbocycles. The molecule has 0 aromatic rings. The van der Waals surface area contributed by atoms with Gasteiger partial charge in [-0.3, -0.25) is 0 Å². The third kappa shape index (κ3) is 17.7. The Kier molecular flexibility index (Phi) is 41.8. The topological polar surface area (TPSA) is 52.0 Å². The molecule has 0 spiro atoms. The normalized spacial score (nSPS) is 5.00. The molecular formula is C2H9N2NaZn. The number of rotatable bonds is 1. The van der Waals surface area contributed by atoms with Crippen molar-refractivity contribution >= 4 is 29.6 Å². The van der Waals surface area contributed by atoms with Crippen LogP contribution in [0.25, 0.3) is 0 Å². The monoisotopic (exact) mass is 148 g/mol. The van der Waals surface area contributed by atoms with Crippen molar-refractivity contribution in [3.63, 3.8) is 0 Å². The van der Waals surface area contributed by atoms with Crippen molar-refractivity contribution in [3.8, 4) is 0 Å². The van der Waals surface area contributed by atoms with Crippen LogP contribution < -0.4 is 11.5 Å². The summed E-state index contributed by atoms with van der Waals surface area (Å²) in [5, 5.41) is 0. The van der Waals surface area contributed by atoms with Crippen LogP contribution in [0, 0.1) is 0 Å². The molecule has 0 bridgehead atoms. The minimum atomic E-state index is 0. The zero-order chi connectivity index (χ0) is 3.41. The predicted molar refractivity (Wildman–Crippen MR) is 25.3 cm³/mol. The maximum atomic E-state index is 4.90. The molecule has 0 aliphatic rings. The first-order valence-electron chi connectivity index (χ1n) is 1.32. The number of hydrogen-bond donors (Lipinski definition) is 2. The van der Waals surface area contributed by atoms with Crippen LogP contribution >= 0.6 is 0 Å². The van der Waals surface area contributed by atoms with Crippen molar-refractivity contribution in [2.45, 2.75) is 0 Å². The van der Waals surface area contributed by atoms with E-state index in [0.29, 0.717) is 13.1 Å². The van der Waals surface area contributed by atoms with Crippen molar-refractivity contribution in [3.05, 3.63) is 0 Å². The fourth-order valence-corrected chi connectivity index (χ4v) is 0. The van der Waals surface area contributed by atoms with E-state index in [1.165, 1.54) is 0 Å². The molecule has 4 heteroatoms. The zero-order valence-corrected chi connectivity index (χ0v) is 6.24. The van der Waals surface area contributed by atoms with Crippen LogP contribution in [0.15, 0.2) is 0 Å². The Hall–Kier alpha value is 1.54. The van der Waals surface area contributed by atoms with Gasteiger partial charge in [0.2, 0.25) is 0 Å². The molecule has 0 heterocycles. The molecule has 6 heavy (non-hydrogen) atoms. The van der Waals surface area contributed by atoms with Gasteiger partial charge in [0.15, 0.2) is 0 Å². The number of nitrogens with two attached hydrogens (primary N) is 2. The molecule has 0 radical (unpaired) electrons. The van der Waals surface area contributed by atoms with E-state index in [-0.39, 0.29) is 49.0 Å². The Morgan fingerprint density at radius 1 is 1.00 bits per heavy atom. The van der Waals surface area contributed by atoms with Gasteiger partial charge in [-0.25, -0.2) is 0 Å². The summed E-state index contributed by atoms with van der Waals surface area (Å²) in [5.74, 6) is 0. The molecule has 0 atom stereocenters. The molecule has 0 aromatic heterocycles. The van der Waals surface area contributed by atoms with Crippen molar-refractivity contribution in [2.75, 3.05) is 13.1 Å². The first kappa shape index (κ1) is 15.6. The van der Waals surface area contributed by atoms with E-state index >= 15 is 0 Å². The van der Waals surface area contributed by atoms with Gasteiger partial charge < -0.3 is 11.5 Å². The molecule has 0 aliphatic carbocycles. The van der Waals surface area contributed by atoms with E-state index in [2.05, 4.69) is 0 Å². The largest absolute Gasteiger partial charge is 0 e. The Bertz CT molecular complexity index is 13.5. The summed E-state index contributed by atoms with van der Waals surface area (Å²) in [6.45, 7) is 1.19. The van der Waals surface area contributed by atoms with Gasteiger partial charge in [0.05, 0.1) is 0 Å². The second-order valence-corrected chi connectivity index (χ2v) is 0.577. The Morgan fingerprint density at radius 3 is 1.17 bits per heavy atom. The maximum absolute atomic E-state index is 4.90. The Morgan fingerprint density at radius 2 is 1.17 bits per heavy atom. The molecule has 30 valence electrons. The summed E-state index contributed by atoms with van der Waals surface area (Å²) in [7, 11) is 0. The smallest absolute Gasteiger partial charge is 0 e. The molecule has 0 unspecified atom stereocenters. The van der Waals surface area contributed by atoms with Gasteiger partial charge in [0, 0.05) is 32.6 Å². The molecule has 0 saturated heterocycles. The third-order valence-electron chi connectivity index (χ3n) is 0.167. The first-order chi connectivity index (χ1) is 1.91. The van der Waals surface area contributed by atoms with Gasteiger partial charge in [0.25, 0.3) is 0 Å². The minimum Gasteiger partial charge on any atom is 0 e. The van der Waals surface area contributed by atoms with Gasteiger partial charge in [-0.05, 0) is 0 Å². The summed E-state index contributed by atoms with van der Waals surface area (Å²) in [6.07, 6.45) is 0. The van der Waals surface area contributed by atoms with E-state index in [4.69, 9.17) is 11.5 Å². The first-order valence-corrected chi connectivity index (χ1v) is 1.32. The summed E-state index contributed by atoms with van der Waals surface area (Å²) < 4.78 is 0. The van der Waals surface area contributed by atoms with Gasteiger partial charge in [-0.2, -0.15) is 0 Å². The van der Waals surface area contributed by atoms with Gasteiger partial charge in [-0.1, -0.05) is 0 Å². The zero-order valence-electron chi connectivity index (χ0n) is 3.28. The Labute approximate surface area is 73.1 Å². The van der Waals surface area contributed by atoms with Crippen LogP contribution in [0.5, 0.6) is 0 Å². The van der Waals surface area contributed by atoms with E-state index < -0.39 is 0 Å². The van der Waals surface area contributed by atoms with Crippen LogP contribution in [-0.2, 0) is 19.5 Å². The van der Waals surface area contributed by atoms with Gasteiger partial charge in [0.1, 0.15) is 0 Å². The fraction of sp³-hybridized carbons (Fsp3) is 1.00. The average Bonchev–Trinajstić information content (AvgIpc) is 1.37. The number of hydrogen-bond acceptors (Lipinski definition) is 2. The third-order valence-corrected chi connectivity index (χ3v) is 0.167. The van der Waals surface area contributed by atoms with Crippen LogP contribution in [0.2, 0.25) is 0 Å². The maximum Gasteiger partial charge on any atom is 0 e. The van der Waals surface area contributed by atoms with Gasteiger partial charge >= 0.3 is 29.6 Å². The molecule has 0 aliphatic heterocycles. The second kappa shape index (κ2) is 16.0. The van der Waals surface area contributed by atoms with Crippen molar-refractivity contribution in [1.82, 2.24) is 0 Å². The predicted octanol–water partition coefficient (Wildman–Crippen LogP) is -1.75. The molecule has 0 fully saturated rings. The molecule has 0 rings (SSSR count). The quantitative estimate of drug-likeness (QED) is 0.435. The van der Waals surface area contributed by atoms with E-state index in [0.717, 1.165) is 0 Å². The summed E-state index contributed by atoms with van der Waals surface area (Å²) >= 11 is 0. The van der Waals surface area contributed by atoms with Crippen LogP contribution in [-0.4, -0.2) is 42.6 Å². The van der Waals surface area contributed by atoms with E-state index in [9.17, 15) is 0 Å². The summed E-state index contributed by atoms with van der Waals surface area (Å²) in [4.78, 5) is 0. The standard InChI is InChI=1S/C2H8N2.Na.Zn.H/c3-1-2-4;;;/h1-4H2;;;. The molecule has 2 nitrogen and oxygen atoms in total.